The van der Waals surface area contributed by atoms with Crippen LogP contribution in [0.2, 0.25) is 0 Å². The molecule has 0 spiro atoms. The van der Waals surface area contributed by atoms with E-state index in [-0.39, 0.29) is 6.54 Å². The molecule has 2 rings (SSSR count). The topological polar surface area (TPSA) is 107 Å². The number of carbonyl (C=O) groups excluding carboxylic acids is 1. The zero-order valence-electron chi connectivity index (χ0n) is 11.5. The average Bonchev–Trinajstić information content (AvgIpc) is 2.47. The first-order valence-corrected chi connectivity index (χ1v) is 6.17. The van der Waals surface area contributed by atoms with Crippen LogP contribution in [-0.2, 0) is 4.79 Å². The Labute approximate surface area is 116 Å². The molecular formula is C12H17N5O3. The molecular weight excluding hydrogens is 262 g/mol. The highest BCUT2D eigenvalue weighted by Gasteiger charge is 2.38. The lowest BCUT2D eigenvalue weighted by molar-refractivity contribution is -0.121. The first-order valence-electron chi connectivity index (χ1n) is 6.17. The molecule has 2 heterocycles. The minimum atomic E-state index is -1.14. The van der Waals surface area contributed by atoms with Crippen molar-refractivity contribution in [3.8, 4) is 0 Å². The molecule has 0 fully saturated rings. The quantitative estimate of drug-likeness (QED) is 0.707. The summed E-state index contributed by atoms with van der Waals surface area (Å²) >= 11 is 0. The highest BCUT2D eigenvalue weighted by Crippen LogP contribution is 2.24. The highest BCUT2D eigenvalue weighted by molar-refractivity contribution is 6.00. The van der Waals surface area contributed by atoms with Gasteiger partial charge in [-0.1, -0.05) is 0 Å². The third kappa shape index (κ3) is 2.63. The van der Waals surface area contributed by atoms with Crippen LogP contribution in [0.3, 0.4) is 0 Å². The number of nitrogens with one attached hydrogen (secondary N) is 2. The normalized spacial score (nSPS) is 18.4. The van der Waals surface area contributed by atoms with Gasteiger partial charge < -0.3 is 15.7 Å². The Balaban J connectivity index is 2.31. The van der Waals surface area contributed by atoms with Gasteiger partial charge in [0.2, 0.25) is 5.91 Å². The van der Waals surface area contributed by atoms with E-state index in [0.717, 1.165) is 4.90 Å². The van der Waals surface area contributed by atoms with Gasteiger partial charge >= 0.3 is 6.09 Å². The summed E-state index contributed by atoms with van der Waals surface area (Å²) in [7, 11) is 0. The Morgan fingerprint density at radius 1 is 1.50 bits per heavy atom. The zero-order valence-corrected chi connectivity index (χ0v) is 11.5. The predicted octanol–water partition coefficient (Wildman–Crippen LogP) is 0.988. The van der Waals surface area contributed by atoms with Crippen molar-refractivity contribution in [3.05, 3.63) is 12.5 Å². The van der Waals surface area contributed by atoms with E-state index in [1.807, 2.05) is 0 Å². The van der Waals surface area contributed by atoms with Crippen LogP contribution in [0.15, 0.2) is 12.5 Å². The van der Waals surface area contributed by atoms with Crippen LogP contribution < -0.4 is 10.6 Å². The van der Waals surface area contributed by atoms with Gasteiger partial charge in [0.1, 0.15) is 18.1 Å². The van der Waals surface area contributed by atoms with Crippen molar-refractivity contribution < 1.29 is 14.7 Å². The van der Waals surface area contributed by atoms with Gasteiger partial charge in [-0.25, -0.2) is 14.8 Å². The number of aromatic nitrogens is 2. The number of anilines is 2. The van der Waals surface area contributed by atoms with Gasteiger partial charge in [-0.15, -0.1) is 0 Å². The van der Waals surface area contributed by atoms with Crippen LogP contribution in [0.5, 0.6) is 0 Å². The Morgan fingerprint density at radius 2 is 2.20 bits per heavy atom. The molecule has 2 amide bonds. The van der Waals surface area contributed by atoms with Crippen molar-refractivity contribution in [2.75, 3.05) is 17.2 Å². The zero-order chi connectivity index (χ0) is 14.9. The minimum absolute atomic E-state index is 0.152. The van der Waals surface area contributed by atoms with Crippen LogP contribution in [0.1, 0.15) is 20.8 Å². The van der Waals surface area contributed by atoms with E-state index in [2.05, 4.69) is 20.6 Å². The van der Waals surface area contributed by atoms with Crippen LogP contribution in [0, 0.1) is 0 Å². The Morgan fingerprint density at radius 3 is 2.80 bits per heavy atom. The van der Waals surface area contributed by atoms with Crippen molar-refractivity contribution in [1.82, 2.24) is 14.9 Å². The lowest BCUT2D eigenvalue weighted by atomic mass is 10.0. The number of carboxylic acid groups (broad SMARTS) is 1. The molecule has 0 radical (unpaired) electrons. The molecule has 0 saturated heterocycles. The van der Waals surface area contributed by atoms with Crippen molar-refractivity contribution in [2.45, 2.75) is 32.4 Å². The van der Waals surface area contributed by atoms with Crippen LogP contribution in [-0.4, -0.2) is 50.1 Å². The maximum Gasteiger partial charge on any atom is 0.408 e. The number of fused-ring (bicyclic) bond motifs is 1. The third-order valence-corrected chi connectivity index (χ3v) is 2.98. The number of rotatable bonds is 1. The number of amides is 2. The van der Waals surface area contributed by atoms with Crippen molar-refractivity contribution in [2.24, 2.45) is 0 Å². The van der Waals surface area contributed by atoms with Gasteiger partial charge in [0, 0.05) is 12.1 Å². The maximum atomic E-state index is 12.3. The summed E-state index contributed by atoms with van der Waals surface area (Å²) in [6.07, 6.45) is 1.69. The lowest BCUT2D eigenvalue weighted by Crippen LogP contribution is -2.57. The number of hydrogen-bond acceptors (Lipinski definition) is 5. The van der Waals surface area contributed by atoms with Crippen LogP contribution >= 0.6 is 0 Å². The third-order valence-electron chi connectivity index (χ3n) is 2.98. The summed E-state index contributed by atoms with van der Waals surface area (Å²) in [4.78, 5) is 32.7. The van der Waals surface area contributed by atoms with Crippen LogP contribution in [0.25, 0.3) is 0 Å². The van der Waals surface area contributed by atoms with Crippen molar-refractivity contribution >= 4 is 23.5 Å². The molecule has 3 N–H and O–H groups in total. The van der Waals surface area contributed by atoms with Crippen molar-refractivity contribution in [1.29, 1.82) is 0 Å². The SMILES string of the molecule is CC(C)(C)N(C(=O)O)[C@H]1CNc2ncncc2NC1=O. The smallest absolute Gasteiger partial charge is 0.408 e. The Hall–Kier alpha value is -2.38. The maximum absolute atomic E-state index is 12.3. The minimum Gasteiger partial charge on any atom is -0.465 e. The summed E-state index contributed by atoms with van der Waals surface area (Å²) < 4.78 is 0. The summed E-state index contributed by atoms with van der Waals surface area (Å²) in [6, 6.07) is -0.846. The summed E-state index contributed by atoms with van der Waals surface area (Å²) in [5.74, 6) is 0.0819. The van der Waals surface area contributed by atoms with E-state index in [9.17, 15) is 14.7 Å². The van der Waals surface area contributed by atoms with E-state index in [1.54, 1.807) is 20.8 Å². The number of carbonyl (C=O) groups is 2. The number of nitrogens with zero attached hydrogens (tertiary/aromatic N) is 3. The molecule has 1 aliphatic heterocycles. The van der Waals surface area contributed by atoms with Gasteiger partial charge in [-0.05, 0) is 20.8 Å². The monoisotopic (exact) mass is 279 g/mol. The molecule has 1 aromatic heterocycles. The van der Waals surface area contributed by atoms with Gasteiger partial charge in [-0.2, -0.15) is 0 Å². The molecule has 108 valence electrons. The fraction of sp³-hybridized carbons (Fsp3) is 0.500. The standard InChI is InChI=1S/C12H17N5O3/c1-12(2,3)17(11(19)20)8-5-14-9-7(16-10(8)18)4-13-6-15-9/h4,6,8H,5H2,1-3H3,(H,16,18)(H,19,20)(H,13,14,15)/t8-/m0/s1. The van der Waals surface area contributed by atoms with E-state index >= 15 is 0 Å². The lowest BCUT2D eigenvalue weighted by Gasteiger charge is -2.38. The fourth-order valence-electron chi connectivity index (χ4n) is 2.16. The molecule has 0 saturated carbocycles. The molecule has 1 aliphatic rings. The molecule has 0 aliphatic carbocycles. The summed E-state index contributed by atoms with van der Waals surface area (Å²) in [6.45, 7) is 5.38. The fourth-order valence-corrected chi connectivity index (χ4v) is 2.16. The summed E-state index contributed by atoms with van der Waals surface area (Å²) in [5.41, 5.74) is -0.253. The molecule has 0 unspecified atom stereocenters. The average molecular weight is 279 g/mol. The highest BCUT2D eigenvalue weighted by atomic mass is 16.4. The van der Waals surface area contributed by atoms with Gasteiger partial charge in [0.15, 0.2) is 5.82 Å². The van der Waals surface area contributed by atoms with Crippen LogP contribution in [0.4, 0.5) is 16.3 Å². The van der Waals surface area contributed by atoms with E-state index in [1.165, 1.54) is 12.5 Å². The van der Waals surface area contributed by atoms with E-state index in [4.69, 9.17) is 0 Å². The van der Waals surface area contributed by atoms with Gasteiger partial charge in [0.05, 0.1) is 6.20 Å². The molecule has 8 nitrogen and oxygen atoms in total. The van der Waals surface area contributed by atoms with Crippen molar-refractivity contribution in [3.63, 3.8) is 0 Å². The molecule has 1 aromatic rings. The largest absolute Gasteiger partial charge is 0.465 e. The molecule has 1 atom stereocenters. The van der Waals surface area contributed by atoms with E-state index < -0.39 is 23.6 Å². The number of hydrogen-bond donors (Lipinski definition) is 3. The second kappa shape index (κ2) is 4.95. The second-order valence-corrected chi connectivity index (χ2v) is 5.49. The second-order valence-electron chi connectivity index (χ2n) is 5.49. The Bertz CT molecular complexity index is 540. The first-order chi connectivity index (χ1) is 9.30. The van der Waals surface area contributed by atoms with E-state index in [0.29, 0.717) is 11.5 Å². The Kier molecular flexibility index (Phi) is 3.47. The molecule has 0 bridgehead atoms. The first kappa shape index (κ1) is 14.0. The molecule has 20 heavy (non-hydrogen) atoms. The van der Waals surface area contributed by atoms with Gasteiger partial charge in [0.25, 0.3) is 0 Å². The van der Waals surface area contributed by atoms with Gasteiger partial charge in [-0.3, -0.25) is 9.69 Å². The summed E-state index contributed by atoms with van der Waals surface area (Å²) in [5, 5.41) is 15.0. The predicted molar refractivity (Wildman–Crippen MR) is 72.6 cm³/mol. The molecule has 0 aromatic carbocycles. The molecule has 8 heteroatoms.